The first-order valence-corrected chi connectivity index (χ1v) is 10.5. The lowest BCUT2D eigenvalue weighted by atomic mass is 9.88. The topological polar surface area (TPSA) is 88.2 Å². The van der Waals surface area contributed by atoms with E-state index >= 15 is 0 Å². The third-order valence-corrected chi connectivity index (χ3v) is 5.79. The summed E-state index contributed by atoms with van der Waals surface area (Å²) in [5.74, 6) is -0.388. The van der Waals surface area contributed by atoms with E-state index in [-0.39, 0.29) is 30.2 Å². The first-order valence-electron chi connectivity index (χ1n) is 10.5. The minimum absolute atomic E-state index is 0.0271. The zero-order chi connectivity index (χ0) is 21.5. The molecule has 2 aliphatic rings. The number of likely N-dealkylation sites (tertiary alicyclic amines) is 1. The predicted molar refractivity (Wildman–Crippen MR) is 111 cm³/mol. The van der Waals surface area contributed by atoms with Crippen LogP contribution in [0.2, 0.25) is 0 Å². The minimum atomic E-state index is -0.615. The van der Waals surface area contributed by atoms with Crippen LogP contribution in [0, 0.1) is 12.8 Å². The van der Waals surface area contributed by atoms with Gasteiger partial charge in [-0.1, -0.05) is 17.7 Å². The smallest absolute Gasteiger partial charge is 0.251 e. The molecule has 1 unspecified atom stereocenters. The van der Waals surface area contributed by atoms with Crippen molar-refractivity contribution in [2.45, 2.75) is 25.8 Å². The summed E-state index contributed by atoms with van der Waals surface area (Å²) < 4.78 is 10.3. The Hall–Kier alpha value is -2.45. The molecule has 0 bridgehead atoms. The molecular weight excluding hydrogens is 386 g/mol. The lowest BCUT2D eigenvalue weighted by Crippen LogP contribution is -2.56. The third-order valence-electron chi connectivity index (χ3n) is 5.79. The van der Waals surface area contributed by atoms with Gasteiger partial charge in [0.2, 0.25) is 11.8 Å². The van der Waals surface area contributed by atoms with Gasteiger partial charge >= 0.3 is 0 Å². The quantitative estimate of drug-likeness (QED) is 0.741. The number of nitrogens with one attached hydrogen (secondary N) is 1. The van der Waals surface area contributed by atoms with E-state index in [9.17, 15) is 14.4 Å². The lowest BCUT2D eigenvalue weighted by Gasteiger charge is -2.38. The van der Waals surface area contributed by atoms with Crippen molar-refractivity contribution < 1.29 is 23.9 Å². The fraction of sp³-hybridized carbons (Fsp3) is 0.591. The number of amides is 3. The molecule has 1 N–H and O–H groups in total. The summed E-state index contributed by atoms with van der Waals surface area (Å²) in [6.45, 7) is 5.18. The third kappa shape index (κ3) is 5.58. The Bertz CT molecular complexity index is 755. The van der Waals surface area contributed by atoms with Gasteiger partial charge in [0, 0.05) is 38.9 Å². The Morgan fingerprint density at radius 3 is 2.47 bits per heavy atom. The van der Waals surface area contributed by atoms with Crippen molar-refractivity contribution in [3.05, 3.63) is 35.4 Å². The summed E-state index contributed by atoms with van der Waals surface area (Å²) in [7, 11) is 1.50. The van der Waals surface area contributed by atoms with E-state index in [4.69, 9.17) is 9.47 Å². The van der Waals surface area contributed by atoms with Crippen LogP contribution in [0.3, 0.4) is 0 Å². The van der Waals surface area contributed by atoms with Gasteiger partial charge in [0.25, 0.3) is 5.91 Å². The van der Waals surface area contributed by atoms with Gasteiger partial charge in [-0.3, -0.25) is 14.4 Å². The van der Waals surface area contributed by atoms with E-state index in [1.165, 1.54) is 7.11 Å². The Balaban J connectivity index is 1.72. The van der Waals surface area contributed by atoms with Gasteiger partial charge in [-0.2, -0.15) is 0 Å². The summed E-state index contributed by atoms with van der Waals surface area (Å²) in [5.41, 5.74) is 1.53. The average molecular weight is 418 g/mol. The summed E-state index contributed by atoms with van der Waals surface area (Å²) in [6.07, 6.45) is 1.31. The molecule has 164 valence electrons. The molecule has 0 radical (unpaired) electrons. The van der Waals surface area contributed by atoms with Crippen molar-refractivity contribution in [1.29, 1.82) is 0 Å². The number of hydrogen-bond acceptors (Lipinski definition) is 5. The molecule has 1 aromatic rings. The molecule has 2 saturated heterocycles. The van der Waals surface area contributed by atoms with Crippen LogP contribution in [0.4, 0.5) is 0 Å². The van der Waals surface area contributed by atoms with Crippen LogP contribution >= 0.6 is 0 Å². The van der Waals surface area contributed by atoms with Gasteiger partial charge in [-0.15, -0.1) is 0 Å². The van der Waals surface area contributed by atoms with Crippen molar-refractivity contribution in [2.75, 3.05) is 53.1 Å². The van der Waals surface area contributed by atoms with E-state index < -0.39 is 6.04 Å². The monoisotopic (exact) mass is 417 g/mol. The van der Waals surface area contributed by atoms with Gasteiger partial charge in [0.05, 0.1) is 13.2 Å². The molecule has 0 aliphatic carbocycles. The molecule has 1 atom stereocenters. The normalized spacial score (nSPS) is 18.7. The van der Waals surface area contributed by atoms with Crippen LogP contribution < -0.4 is 5.32 Å². The molecule has 2 heterocycles. The maximum Gasteiger partial charge on any atom is 0.251 e. The highest BCUT2D eigenvalue weighted by Crippen LogP contribution is 2.23. The number of ether oxygens (including phenoxy) is 2. The molecule has 0 spiro atoms. The van der Waals surface area contributed by atoms with E-state index in [1.807, 2.05) is 25.1 Å². The fourth-order valence-corrected chi connectivity index (χ4v) is 4.07. The molecule has 8 heteroatoms. The van der Waals surface area contributed by atoms with Gasteiger partial charge in [0.1, 0.15) is 12.6 Å². The van der Waals surface area contributed by atoms with Crippen LogP contribution in [0.5, 0.6) is 0 Å². The van der Waals surface area contributed by atoms with E-state index in [1.54, 1.807) is 15.9 Å². The average Bonchev–Trinajstić information content (AvgIpc) is 2.78. The van der Waals surface area contributed by atoms with E-state index in [0.29, 0.717) is 57.8 Å². The molecule has 2 aliphatic heterocycles. The second-order valence-electron chi connectivity index (χ2n) is 7.91. The van der Waals surface area contributed by atoms with Crippen LogP contribution in [-0.4, -0.2) is 86.7 Å². The number of piperidine rings is 1. The molecule has 0 saturated carbocycles. The van der Waals surface area contributed by atoms with E-state index in [0.717, 1.165) is 5.56 Å². The number of rotatable bonds is 6. The largest absolute Gasteiger partial charge is 0.378 e. The van der Waals surface area contributed by atoms with Crippen LogP contribution in [0.1, 0.15) is 28.8 Å². The van der Waals surface area contributed by atoms with Crippen LogP contribution in [0.15, 0.2) is 24.3 Å². The number of carbonyl (C=O) groups is 3. The van der Waals surface area contributed by atoms with Gasteiger partial charge in [0.15, 0.2) is 0 Å². The molecular formula is C22H31N3O5. The summed E-state index contributed by atoms with van der Waals surface area (Å²) in [5, 5.41) is 3.00. The fourth-order valence-electron chi connectivity index (χ4n) is 4.07. The number of aryl methyl sites for hydroxylation is 1. The highest BCUT2D eigenvalue weighted by molar-refractivity contribution is 5.97. The zero-order valence-corrected chi connectivity index (χ0v) is 17.8. The maximum atomic E-state index is 13.3. The Morgan fingerprint density at radius 1 is 1.13 bits per heavy atom. The second-order valence-corrected chi connectivity index (χ2v) is 7.91. The Kier molecular flexibility index (Phi) is 7.81. The maximum absolute atomic E-state index is 13.3. The summed E-state index contributed by atoms with van der Waals surface area (Å²) >= 11 is 0. The molecule has 8 nitrogen and oxygen atoms in total. The van der Waals surface area contributed by atoms with Crippen LogP contribution in [-0.2, 0) is 19.1 Å². The van der Waals surface area contributed by atoms with E-state index in [2.05, 4.69) is 5.32 Å². The van der Waals surface area contributed by atoms with Crippen molar-refractivity contribution >= 4 is 17.7 Å². The Labute approximate surface area is 177 Å². The number of morpholine rings is 1. The first kappa shape index (κ1) is 22.2. The molecule has 3 rings (SSSR count). The molecule has 0 aromatic heterocycles. The van der Waals surface area contributed by atoms with Gasteiger partial charge in [-0.05, 0) is 37.8 Å². The predicted octanol–water partition coefficient (Wildman–Crippen LogP) is 0.837. The molecule has 30 heavy (non-hydrogen) atoms. The minimum Gasteiger partial charge on any atom is -0.378 e. The number of carbonyl (C=O) groups excluding carboxylic acids is 3. The number of nitrogens with zero attached hydrogens (tertiary/aromatic N) is 2. The lowest BCUT2D eigenvalue weighted by molar-refractivity contribution is -0.140. The van der Waals surface area contributed by atoms with Gasteiger partial charge < -0.3 is 24.6 Å². The number of hydrogen-bond donors (Lipinski definition) is 1. The van der Waals surface area contributed by atoms with Crippen molar-refractivity contribution in [2.24, 2.45) is 5.92 Å². The summed E-state index contributed by atoms with van der Waals surface area (Å²) in [4.78, 5) is 41.8. The molecule has 3 amide bonds. The SMILES string of the molecule is COCC(=O)N1CCC(C(NC(=O)c2cccc(C)c2)C(=O)N2CCOCC2)CC1. The first-order chi connectivity index (χ1) is 14.5. The second kappa shape index (κ2) is 10.5. The number of methoxy groups -OCH3 is 1. The summed E-state index contributed by atoms with van der Waals surface area (Å²) in [6, 6.07) is 6.72. The molecule has 1 aromatic carbocycles. The molecule has 2 fully saturated rings. The highest BCUT2D eigenvalue weighted by atomic mass is 16.5. The Morgan fingerprint density at radius 2 is 1.83 bits per heavy atom. The highest BCUT2D eigenvalue weighted by Gasteiger charge is 2.36. The van der Waals surface area contributed by atoms with Crippen molar-refractivity contribution in [1.82, 2.24) is 15.1 Å². The zero-order valence-electron chi connectivity index (χ0n) is 17.8. The van der Waals surface area contributed by atoms with Crippen molar-refractivity contribution in [3.63, 3.8) is 0 Å². The van der Waals surface area contributed by atoms with Crippen molar-refractivity contribution in [3.8, 4) is 0 Å². The number of benzene rings is 1. The standard InChI is InChI=1S/C22H31N3O5/c1-16-4-3-5-18(14-16)21(27)23-20(22(28)25-10-12-30-13-11-25)17-6-8-24(9-7-17)19(26)15-29-2/h3-5,14,17,20H,6-13,15H2,1-2H3,(H,23,27). The van der Waals surface area contributed by atoms with Gasteiger partial charge in [-0.25, -0.2) is 0 Å². The van der Waals surface area contributed by atoms with Crippen LogP contribution in [0.25, 0.3) is 0 Å².